The number of anilines is 1. The Labute approximate surface area is 154 Å². The summed E-state index contributed by atoms with van der Waals surface area (Å²) in [5.41, 5.74) is 8.11. The van der Waals surface area contributed by atoms with Gasteiger partial charge in [-0.3, -0.25) is 11.3 Å². The van der Waals surface area contributed by atoms with Gasteiger partial charge in [-0.2, -0.15) is 5.53 Å². The number of amidine groups is 1. The fourth-order valence-electron chi connectivity index (χ4n) is 2.85. The van der Waals surface area contributed by atoms with E-state index in [1.165, 1.54) is 16.7 Å². The van der Waals surface area contributed by atoms with Crippen molar-refractivity contribution in [1.82, 2.24) is 5.53 Å². The summed E-state index contributed by atoms with van der Waals surface area (Å²) in [6.45, 7) is 2.10. The molecule has 0 aliphatic carbocycles. The molecule has 132 valence electrons. The Bertz CT molecular complexity index is 840. The first-order valence-corrected chi connectivity index (χ1v) is 8.72. The minimum atomic E-state index is 0.309. The molecule has 0 heterocycles. The monoisotopic (exact) mass is 344 g/mol. The van der Waals surface area contributed by atoms with E-state index in [2.05, 4.69) is 48.9 Å². The Morgan fingerprint density at radius 1 is 0.846 bits per heavy atom. The van der Waals surface area contributed by atoms with Gasteiger partial charge in [0.1, 0.15) is 5.84 Å². The van der Waals surface area contributed by atoms with Gasteiger partial charge in [-0.25, -0.2) is 5.01 Å². The minimum absolute atomic E-state index is 0.309. The number of hydrogen-bond acceptors (Lipinski definition) is 3. The third-order valence-electron chi connectivity index (χ3n) is 4.42. The first kappa shape index (κ1) is 17.9. The number of nitrogens with one attached hydrogen (secondary N) is 2. The van der Waals surface area contributed by atoms with Crippen LogP contribution in [0.4, 0.5) is 5.69 Å². The first-order chi connectivity index (χ1) is 12.7. The molecule has 0 saturated carbocycles. The topological polar surface area (TPSA) is 65.1 Å². The average molecular weight is 344 g/mol. The van der Waals surface area contributed by atoms with Gasteiger partial charge in [0.25, 0.3) is 0 Å². The van der Waals surface area contributed by atoms with E-state index in [0.717, 1.165) is 24.1 Å². The van der Waals surface area contributed by atoms with E-state index in [9.17, 15) is 0 Å². The van der Waals surface area contributed by atoms with Crippen LogP contribution < -0.4 is 16.4 Å². The zero-order chi connectivity index (χ0) is 18.4. The third-order valence-corrected chi connectivity index (χ3v) is 4.42. The Morgan fingerprint density at radius 3 is 1.92 bits per heavy atom. The van der Waals surface area contributed by atoms with Crippen molar-refractivity contribution in [3.63, 3.8) is 0 Å². The molecule has 0 aliphatic rings. The largest absolute Gasteiger partial charge is 0.283 e. The highest BCUT2D eigenvalue weighted by molar-refractivity contribution is 6.07. The number of aryl methyl sites for hydroxylation is 3. The molecular weight excluding hydrogens is 320 g/mol. The van der Waals surface area contributed by atoms with Crippen molar-refractivity contribution in [2.24, 2.45) is 5.84 Å². The molecule has 3 aromatic carbocycles. The van der Waals surface area contributed by atoms with Gasteiger partial charge in [0.2, 0.25) is 0 Å². The molecule has 0 radical (unpaired) electrons. The number of hydrazine groups is 2. The highest BCUT2D eigenvalue weighted by Crippen LogP contribution is 2.16. The fraction of sp³-hybridized carbons (Fsp3) is 0.136. The van der Waals surface area contributed by atoms with Crippen molar-refractivity contribution in [2.75, 3.05) is 5.01 Å². The lowest BCUT2D eigenvalue weighted by Crippen LogP contribution is -2.47. The maximum Gasteiger partial charge on any atom is 0.148 e. The average Bonchev–Trinajstić information content (AvgIpc) is 2.69. The highest BCUT2D eigenvalue weighted by atomic mass is 15.6. The van der Waals surface area contributed by atoms with Gasteiger partial charge in [0, 0.05) is 5.56 Å². The van der Waals surface area contributed by atoms with E-state index in [0.29, 0.717) is 5.84 Å². The summed E-state index contributed by atoms with van der Waals surface area (Å²) in [7, 11) is 0. The maximum absolute atomic E-state index is 8.43. The first-order valence-electron chi connectivity index (χ1n) is 8.72. The molecule has 0 fully saturated rings. The molecule has 0 bridgehead atoms. The molecule has 0 unspecified atom stereocenters. The predicted octanol–water partition coefficient (Wildman–Crippen LogP) is 3.99. The van der Waals surface area contributed by atoms with E-state index in [1.54, 1.807) is 5.01 Å². The number of nitrogens with zero attached hydrogens (tertiary/aromatic N) is 1. The SMILES string of the molecule is Cc1ccc(CCc2ccc(C(=N)N(NN)c3ccccc3)cc2)cc1. The summed E-state index contributed by atoms with van der Waals surface area (Å²) in [5.74, 6) is 5.94. The second-order valence-corrected chi connectivity index (χ2v) is 6.33. The Morgan fingerprint density at radius 2 is 1.38 bits per heavy atom. The van der Waals surface area contributed by atoms with Crippen molar-refractivity contribution in [2.45, 2.75) is 19.8 Å². The normalized spacial score (nSPS) is 10.5. The molecule has 4 heteroatoms. The number of rotatable bonds is 6. The van der Waals surface area contributed by atoms with E-state index < -0.39 is 0 Å². The minimum Gasteiger partial charge on any atom is -0.283 e. The number of nitrogens with two attached hydrogens (primary N) is 1. The summed E-state index contributed by atoms with van der Waals surface area (Å²) in [6.07, 6.45) is 1.99. The second-order valence-electron chi connectivity index (χ2n) is 6.33. The summed E-state index contributed by atoms with van der Waals surface area (Å²) in [6, 6.07) is 26.4. The lowest BCUT2D eigenvalue weighted by atomic mass is 10.0. The molecule has 4 N–H and O–H groups in total. The van der Waals surface area contributed by atoms with E-state index in [-0.39, 0.29) is 0 Å². The van der Waals surface area contributed by atoms with Crippen LogP contribution in [0.15, 0.2) is 78.9 Å². The molecule has 0 atom stereocenters. The molecule has 0 aromatic heterocycles. The van der Waals surface area contributed by atoms with Crippen LogP contribution in [0.25, 0.3) is 0 Å². The summed E-state index contributed by atoms with van der Waals surface area (Å²) >= 11 is 0. The Kier molecular flexibility index (Phi) is 5.79. The van der Waals surface area contributed by atoms with E-state index >= 15 is 0 Å². The lowest BCUT2D eigenvalue weighted by molar-refractivity contribution is 0.773. The summed E-state index contributed by atoms with van der Waals surface area (Å²) in [4.78, 5) is 0. The van der Waals surface area contributed by atoms with Crippen molar-refractivity contribution in [3.05, 3.63) is 101 Å². The second kappa shape index (κ2) is 8.43. The van der Waals surface area contributed by atoms with Gasteiger partial charge in [0.15, 0.2) is 0 Å². The van der Waals surface area contributed by atoms with Crippen LogP contribution in [-0.4, -0.2) is 5.84 Å². The van der Waals surface area contributed by atoms with Crippen LogP contribution in [0.2, 0.25) is 0 Å². The molecule has 0 saturated heterocycles. The highest BCUT2D eigenvalue weighted by Gasteiger charge is 2.12. The predicted molar refractivity (Wildman–Crippen MR) is 108 cm³/mol. The van der Waals surface area contributed by atoms with Crippen LogP contribution in [0.5, 0.6) is 0 Å². The summed E-state index contributed by atoms with van der Waals surface area (Å²) in [5, 5.41) is 9.99. The quantitative estimate of drug-likeness (QED) is 0.274. The molecule has 0 aliphatic heterocycles. The van der Waals surface area contributed by atoms with Crippen LogP contribution in [-0.2, 0) is 12.8 Å². The molecule has 4 nitrogen and oxygen atoms in total. The number of para-hydroxylation sites is 1. The lowest BCUT2D eigenvalue weighted by Gasteiger charge is -2.23. The zero-order valence-electron chi connectivity index (χ0n) is 14.9. The number of hydrogen-bond donors (Lipinski definition) is 3. The zero-order valence-corrected chi connectivity index (χ0v) is 14.9. The van der Waals surface area contributed by atoms with Crippen LogP contribution in [0, 0.1) is 12.3 Å². The van der Waals surface area contributed by atoms with Gasteiger partial charge in [-0.1, -0.05) is 72.3 Å². The fourth-order valence-corrected chi connectivity index (χ4v) is 2.85. The molecule has 26 heavy (non-hydrogen) atoms. The van der Waals surface area contributed by atoms with E-state index in [4.69, 9.17) is 11.3 Å². The molecular formula is C22H24N4. The molecule has 0 spiro atoms. The van der Waals surface area contributed by atoms with E-state index in [1.807, 2.05) is 42.5 Å². The standard InChI is InChI=1S/C22H24N4/c1-17-7-9-18(10-8-17)11-12-19-13-15-20(16-14-19)22(23)26(25-24)21-5-3-2-4-6-21/h2-10,13-16,23,25H,11-12,24H2,1H3. The van der Waals surface area contributed by atoms with Gasteiger partial charge >= 0.3 is 0 Å². The van der Waals surface area contributed by atoms with Crippen LogP contribution in [0.3, 0.4) is 0 Å². The van der Waals surface area contributed by atoms with Gasteiger partial charge < -0.3 is 0 Å². The Balaban J connectivity index is 1.66. The maximum atomic E-state index is 8.43. The van der Waals surface area contributed by atoms with Gasteiger partial charge in [0.05, 0.1) is 5.69 Å². The van der Waals surface area contributed by atoms with Crippen molar-refractivity contribution >= 4 is 11.5 Å². The van der Waals surface area contributed by atoms with Gasteiger partial charge in [-0.05, 0) is 43.0 Å². The van der Waals surface area contributed by atoms with Crippen molar-refractivity contribution < 1.29 is 0 Å². The molecule has 3 rings (SSSR count). The smallest absolute Gasteiger partial charge is 0.148 e. The van der Waals surface area contributed by atoms with Gasteiger partial charge in [-0.15, -0.1) is 0 Å². The summed E-state index contributed by atoms with van der Waals surface area (Å²) < 4.78 is 0. The third kappa shape index (κ3) is 4.36. The number of benzene rings is 3. The van der Waals surface area contributed by atoms with Crippen molar-refractivity contribution in [1.29, 1.82) is 5.41 Å². The molecule has 0 amide bonds. The van der Waals surface area contributed by atoms with Crippen LogP contribution in [0.1, 0.15) is 22.3 Å². The van der Waals surface area contributed by atoms with Crippen molar-refractivity contribution in [3.8, 4) is 0 Å². The van der Waals surface area contributed by atoms with Crippen LogP contribution >= 0.6 is 0 Å². The molecule has 3 aromatic rings. The Hall–Kier alpha value is -2.95.